The van der Waals surface area contributed by atoms with Crippen LogP contribution in [0, 0.1) is 17.8 Å². The van der Waals surface area contributed by atoms with Crippen molar-refractivity contribution in [1.82, 2.24) is 0 Å². The quantitative estimate of drug-likeness (QED) is 0.832. The van der Waals surface area contributed by atoms with Gasteiger partial charge in [-0.2, -0.15) is 0 Å². The van der Waals surface area contributed by atoms with Crippen molar-refractivity contribution >= 4 is 0 Å². The first kappa shape index (κ1) is 15.3. The molecule has 0 aromatic rings. The van der Waals surface area contributed by atoms with E-state index in [9.17, 15) is 5.11 Å². The Morgan fingerprint density at radius 3 is 2.21 bits per heavy atom. The van der Waals surface area contributed by atoms with Gasteiger partial charge in [0.25, 0.3) is 0 Å². The van der Waals surface area contributed by atoms with E-state index in [0.29, 0.717) is 13.2 Å². The molecule has 0 radical (unpaired) electrons. The lowest BCUT2D eigenvalue weighted by Gasteiger charge is -2.38. The first-order valence-corrected chi connectivity index (χ1v) is 7.94. The maximum absolute atomic E-state index is 10.7. The highest BCUT2D eigenvalue weighted by atomic mass is 16.7. The zero-order valence-corrected chi connectivity index (χ0v) is 12.7. The monoisotopic (exact) mass is 270 g/mol. The first-order chi connectivity index (χ1) is 8.98. The van der Waals surface area contributed by atoms with E-state index in [2.05, 4.69) is 20.8 Å². The summed E-state index contributed by atoms with van der Waals surface area (Å²) < 4.78 is 11.1. The van der Waals surface area contributed by atoms with Crippen LogP contribution in [0.2, 0.25) is 0 Å². The van der Waals surface area contributed by atoms with Crippen LogP contribution in [0.25, 0.3) is 0 Å². The Labute approximate surface area is 117 Å². The number of hydrogen-bond acceptors (Lipinski definition) is 3. The molecule has 19 heavy (non-hydrogen) atoms. The van der Waals surface area contributed by atoms with Gasteiger partial charge in [-0.3, -0.25) is 0 Å². The lowest BCUT2D eigenvalue weighted by molar-refractivity contribution is -0.111. The number of hydrogen-bond donors (Lipinski definition) is 1. The molecule has 3 heteroatoms. The van der Waals surface area contributed by atoms with Crippen molar-refractivity contribution in [2.24, 2.45) is 17.8 Å². The van der Waals surface area contributed by atoms with Crippen LogP contribution in [0.3, 0.4) is 0 Å². The summed E-state index contributed by atoms with van der Waals surface area (Å²) in [6.45, 7) is 8.11. The molecule has 2 rings (SSSR count). The molecule has 2 fully saturated rings. The summed E-state index contributed by atoms with van der Waals surface area (Å²) in [7, 11) is 0. The largest absolute Gasteiger partial charge is 0.390 e. The third-order valence-corrected chi connectivity index (χ3v) is 4.65. The summed E-state index contributed by atoms with van der Waals surface area (Å²) in [5.41, 5.74) is -0.484. The molecule has 112 valence electrons. The van der Waals surface area contributed by atoms with Crippen LogP contribution in [0.5, 0.6) is 0 Å². The van der Waals surface area contributed by atoms with E-state index in [0.717, 1.165) is 31.1 Å². The molecule has 0 bridgehead atoms. The third kappa shape index (κ3) is 4.44. The molecule has 2 aliphatic rings. The van der Waals surface area contributed by atoms with E-state index < -0.39 is 5.60 Å². The lowest BCUT2D eigenvalue weighted by Crippen LogP contribution is -2.38. The summed E-state index contributed by atoms with van der Waals surface area (Å²) in [4.78, 5) is 0. The van der Waals surface area contributed by atoms with Gasteiger partial charge in [0.05, 0.1) is 18.8 Å². The third-order valence-electron chi connectivity index (χ3n) is 4.65. The van der Waals surface area contributed by atoms with Gasteiger partial charge in [0.2, 0.25) is 0 Å². The molecule has 1 saturated heterocycles. The van der Waals surface area contributed by atoms with Gasteiger partial charge in [-0.1, -0.05) is 20.8 Å². The Bertz CT molecular complexity index is 263. The van der Waals surface area contributed by atoms with Gasteiger partial charge in [-0.05, 0) is 50.4 Å². The fourth-order valence-electron chi connectivity index (χ4n) is 3.72. The molecule has 3 nitrogen and oxygen atoms in total. The van der Waals surface area contributed by atoms with Crippen molar-refractivity contribution in [2.75, 3.05) is 13.2 Å². The zero-order valence-electron chi connectivity index (χ0n) is 12.7. The average Bonchev–Trinajstić information content (AvgIpc) is 2.85. The summed E-state index contributed by atoms with van der Waals surface area (Å²) in [6, 6.07) is 0. The molecule has 1 saturated carbocycles. The van der Waals surface area contributed by atoms with Crippen molar-refractivity contribution in [3.8, 4) is 0 Å². The van der Waals surface area contributed by atoms with Gasteiger partial charge in [0.1, 0.15) is 0 Å². The Hall–Kier alpha value is -0.120. The van der Waals surface area contributed by atoms with Crippen molar-refractivity contribution < 1.29 is 14.6 Å². The molecule has 0 aromatic carbocycles. The van der Waals surface area contributed by atoms with Crippen LogP contribution in [-0.4, -0.2) is 30.2 Å². The van der Waals surface area contributed by atoms with Crippen molar-refractivity contribution in [3.63, 3.8) is 0 Å². The van der Waals surface area contributed by atoms with E-state index >= 15 is 0 Å². The fourth-order valence-corrected chi connectivity index (χ4v) is 3.72. The molecule has 1 aliphatic carbocycles. The van der Waals surface area contributed by atoms with Gasteiger partial charge < -0.3 is 14.6 Å². The lowest BCUT2D eigenvalue weighted by atomic mass is 9.73. The zero-order chi connectivity index (χ0) is 13.9. The molecule has 1 N–H and O–H groups in total. The molecule has 0 spiro atoms. The van der Waals surface area contributed by atoms with Crippen molar-refractivity contribution in [1.29, 1.82) is 0 Å². The minimum atomic E-state index is -0.484. The molecule has 1 aliphatic heterocycles. The fraction of sp³-hybridized carbons (Fsp3) is 1.00. The van der Waals surface area contributed by atoms with Crippen LogP contribution in [-0.2, 0) is 9.47 Å². The van der Waals surface area contributed by atoms with Crippen molar-refractivity contribution in [2.45, 2.75) is 71.2 Å². The number of rotatable bonds is 5. The molecule has 1 heterocycles. The maximum atomic E-state index is 10.7. The van der Waals surface area contributed by atoms with Gasteiger partial charge in [0.15, 0.2) is 6.29 Å². The van der Waals surface area contributed by atoms with Gasteiger partial charge in [0, 0.05) is 5.92 Å². The highest BCUT2D eigenvalue weighted by Gasteiger charge is 2.37. The maximum Gasteiger partial charge on any atom is 0.160 e. The van der Waals surface area contributed by atoms with Crippen LogP contribution in [0.1, 0.15) is 59.3 Å². The van der Waals surface area contributed by atoms with E-state index in [1.807, 2.05) is 0 Å². The summed E-state index contributed by atoms with van der Waals surface area (Å²) >= 11 is 0. The second-order valence-corrected chi connectivity index (χ2v) is 7.09. The minimum absolute atomic E-state index is 0.0996. The van der Waals surface area contributed by atoms with E-state index in [-0.39, 0.29) is 12.2 Å². The highest BCUT2D eigenvalue weighted by molar-refractivity contribution is 4.87. The van der Waals surface area contributed by atoms with Crippen LogP contribution in [0.15, 0.2) is 0 Å². The second kappa shape index (κ2) is 6.55. The van der Waals surface area contributed by atoms with E-state index in [1.54, 1.807) is 0 Å². The molecular weight excluding hydrogens is 240 g/mol. The predicted octanol–water partition coefficient (Wildman–Crippen LogP) is 3.35. The molecule has 1 atom stereocenters. The molecule has 0 amide bonds. The molecule has 1 unspecified atom stereocenters. The Balaban J connectivity index is 1.77. The van der Waals surface area contributed by atoms with Crippen LogP contribution < -0.4 is 0 Å². The summed E-state index contributed by atoms with van der Waals surface area (Å²) in [5.74, 6) is 1.87. The Kier molecular flexibility index (Phi) is 5.27. The topological polar surface area (TPSA) is 38.7 Å². The first-order valence-electron chi connectivity index (χ1n) is 7.94. The number of aliphatic hydroxyl groups is 1. The Morgan fingerprint density at radius 1 is 1.11 bits per heavy atom. The van der Waals surface area contributed by atoms with Gasteiger partial charge >= 0.3 is 0 Å². The standard InChI is InChI=1S/C16H30O3/c1-12(2)10-14-4-6-16(17,7-5-14)11-13(3)15-18-8-9-19-15/h12-15,17H,4-11H2,1-3H3. The van der Waals surface area contributed by atoms with E-state index in [4.69, 9.17) is 9.47 Å². The minimum Gasteiger partial charge on any atom is -0.390 e. The van der Waals surface area contributed by atoms with Gasteiger partial charge in [-0.25, -0.2) is 0 Å². The summed E-state index contributed by atoms with van der Waals surface area (Å²) in [5, 5.41) is 10.7. The van der Waals surface area contributed by atoms with Crippen molar-refractivity contribution in [3.05, 3.63) is 0 Å². The summed E-state index contributed by atoms with van der Waals surface area (Å²) in [6.07, 6.45) is 6.26. The highest BCUT2D eigenvalue weighted by Crippen LogP contribution is 2.39. The average molecular weight is 270 g/mol. The predicted molar refractivity (Wildman–Crippen MR) is 75.8 cm³/mol. The van der Waals surface area contributed by atoms with E-state index in [1.165, 1.54) is 19.3 Å². The van der Waals surface area contributed by atoms with Crippen LogP contribution in [0.4, 0.5) is 0 Å². The molecular formula is C16H30O3. The SMILES string of the molecule is CC(C)CC1CCC(O)(CC(C)C2OCCO2)CC1. The van der Waals surface area contributed by atoms with Gasteiger partial charge in [-0.15, -0.1) is 0 Å². The second-order valence-electron chi connectivity index (χ2n) is 7.09. The number of ether oxygens (including phenoxy) is 2. The normalized spacial score (nSPS) is 34.9. The smallest absolute Gasteiger partial charge is 0.160 e. The van der Waals surface area contributed by atoms with Crippen LogP contribution >= 0.6 is 0 Å². The Morgan fingerprint density at radius 2 is 1.68 bits per heavy atom. The molecule has 0 aromatic heterocycles.